The Bertz CT molecular complexity index is 1030. The lowest BCUT2D eigenvalue weighted by Gasteiger charge is -2.50. The van der Waals surface area contributed by atoms with Gasteiger partial charge in [-0.25, -0.2) is 0 Å². The number of carbonyl (C=O) groups excluding carboxylic acids is 3. The second-order valence-corrected chi connectivity index (χ2v) is 7.73. The molecule has 4 rings (SSSR count). The Hall–Kier alpha value is -3.35. The summed E-state index contributed by atoms with van der Waals surface area (Å²) < 4.78 is 0. The second-order valence-electron chi connectivity index (χ2n) is 7.73. The van der Waals surface area contributed by atoms with Crippen LogP contribution < -0.4 is 15.5 Å². The number of benzene rings is 2. The summed E-state index contributed by atoms with van der Waals surface area (Å²) in [5.41, 5.74) is 1.99. The van der Waals surface area contributed by atoms with Crippen molar-refractivity contribution in [2.45, 2.75) is 25.4 Å². The van der Waals surface area contributed by atoms with Gasteiger partial charge in [-0.3, -0.25) is 14.4 Å². The largest absolute Gasteiger partial charge is 0.358 e. The molecule has 0 radical (unpaired) electrons. The van der Waals surface area contributed by atoms with Gasteiger partial charge in [-0.05, 0) is 35.7 Å². The number of fused-ring (bicyclic) bond motifs is 3. The standard InChI is InChI=1S/C22H24N4O3/c1-13(2)14-9-10-17-16(11-14)22(21(29)24-17)25(4)20(28)15-7-5-6-8-18(15)26(22)12-19(27)23-3/h5-11,13H,12H2,1-4H3,(H,23,27)(H,24,29)/t22-/m0/s1. The van der Waals surface area contributed by atoms with Crippen molar-refractivity contribution in [1.29, 1.82) is 0 Å². The zero-order valence-corrected chi connectivity index (χ0v) is 16.9. The summed E-state index contributed by atoms with van der Waals surface area (Å²) in [5.74, 6) is -0.602. The molecule has 0 saturated carbocycles. The van der Waals surface area contributed by atoms with Crippen LogP contribution in [-0.2, 0) is 15.3 Å². The van der Waals surface area contributed by atoms with E-state index in [1.807, 2.05) is 18.2 Å². The molecule has 29 heavy (non-hydrogen) atoms. The van der Waals surface area contributed by atoms with E-state index in [4.69, 9.17) is 0 Å². The number of anilines is 2. The van der Waals surface area contributed by atoms with Gasteiger partial charge in [-0.15, -0.1) is 0 Å². The molecule has 2 N–H and O–H groups in total. The molecule has 0 unspecified atom stereocenters. The van der Waals surface area contributed by atoms with Crippen LogP contribution in [0.25, 0.3) is 0 Å². The first kappa shape index (κ1) is 19.0. The Morgan fingerprint density at radius 1 is 1.17 bits per heavy atom. The minimum Gasteiger partial charge on any atom is -0.358 e. The maximum Gasteiger partial charge on any atom is 0.276 e. The van der Waals surface area contributed by atoms with Gasteiger partial charge in [0, 0.05) is 25.3 Å². The SMILES string of the molecule is CNC(=O)CN1c2ccccc2C(=O)N(C)[C@]12C(=O)Nc1ccc(C(C)C)cc12. The molecule has 1 atom stereocenters. The van der Waals surface area contributed by atoms with Gasteiger partial charge in [-0.1, -0.05) is 32.0 Å². The Balaban J connectivity index is 2.02. The third kappa shape index (κ3) is 2.53. The van der Waals surface area contributed by atoms with Crippen molar-refractivity contribution in [3.63, 3.8) is 0 Å². The van der Waals surface area contributed by atoms with Gasteiger partial charge in [0.15, 0.2) is 0 Å². The predicted molar refractivity (Wildman–Crippen MR) is 111 cm³/mol. The Morgan fingerprint density at radius 3 is 2.59 bits per heavy atom. The van der Waals surface area contributed by atoms with Crippen LogP contribution in [0, 0.1) is 0 Å². The van der Waals surface area contributed by atoms with Crippen LogP contribution in [-0.4, -0.2) is 43.3 Å². The van der Waals surface area contributed by atoms with Crippen molar-refractivity contribution >= 4 is 29.1 Å². The van der Waals surface area contributed by atoms with E-state index in [1.165, 1.54) is 4.90 Å². The number of likely N-dealkylation sites (N-methyl/N-ethyl adjacent to an activating group) is 2. The highest BCUT2D eigenvalue weighted by molar-refractivity contribution is 6.15. The van der Waals surface area contributed by atoms with Crippen molar-refractivity contribution in [2.75, 3.05) is 30.9 Å². The number of amides is 3. The number of para-hydroxylation sites is 1. The molecule has 0 saturated heterocycles. The van der Waals surface area contributed by atoms with Crippen molar-refractivity contribution in [3.05, 3.63) is 59.2 Å². The Kier molecular flexibility index (Phi) is 4.33. The molecule has 2 aromatic rings. The highest BCUT2D eigenvalue weighted by atomic mass is 16.2. The summed E-state index contributed by atoms with van der Waals surface area (Å²) in [6.07, 6.45) is 0. The average molecular weight is 392 g/mol. The van der Waals surface area contributed by atoms with Gasteiger partial charge in [0.2, 0.25) is 11.6 Å². The van der Waals surface area contributed by atoms with E-state index in [2.05, 4.69) is 24.5 Å². The molecule has 7 nitrogen and oxygen atoms in total. The van der Waals surface area contributed by atoms with E-state index in [0.717, 1.165) is 5.56 Å². The number of hydrogen-bond donors (Lipinski definition) is 2. The minimum absolute atomic E-state index is 0.0656. The highest BCUT2D eigenvalue weighted by Crippen LogP contribution is 2.49. The second kappa shape index (κ2) is 6.62. The molecule has 150 valence electrons. The van der Waals surface area contributed by atoms with Crippen molar-refractivity contribution in [1.82, 2.24) is 10.2 Å². The molecule has 2 heterocycles. The zero-order valence-electron chi connectivity index (χ0n) is 16.9. The van der Waals surface area contributed by atoms with Crippen LogP contribution in [0.5, 0.6) is 0 Å². The molecule has 2 aliphatic heterocycles. The summed E-state index contributed by atoms with van der Waals surface area (Å²) in [4.78, 5) is 42.3. The van der Waals surface area contributed by atoms with Crippen LogP contribution in [0.3, 0.4) is 0 Å². The third-order valence-corrected chi connectivity index (χ3v) is 5.84. The van der Waals surface area contributed by atoms with E-state index in [1.54, 1.807) is 43.3 Å². The number of carbonyl (C=O) groups is 3. The first-order valence-corrected chi connectivity index (χ1v) is 9.63. The van der Waals surface area contributed by atoms with Gasteiger partial charge < -0.3 is 20.4 Å². The summed E-state index contributed by atoms with van der Waals surface area (Å²) in [6, 6.07) is 12.9. The molecule has 0 aliphatic carbocycles. The van der Waals surface area contributed by atoms with Crippen LogP contribution >= 0.6 is 0 Å². The Labute approximate surface area is 169 Å². The molecule has 2 aliphatic rings. The molecule has 0 fully saturated rings. The summed E-state index contributed by atoms with van der Waals surface area (Å²) in [6.45, 7) is 4.09. The maximum absolute atomic E-state index is 13.5. The maximum atomic E-state index is 13.5. The van der Waals surface area contributed by atoms with Gasteiger partial charge in [-0.2, -0.15) is 0 Å². The summed E-state index contributed by atoms with van der Waals surface area (Å²) in [7, 11) is 3.17. The fourth-order valence-electron chi connectivity index (χ4n) is 4.25. The normalized spacial score (nSPS) is 20.0. The van der Waals surface area contributed by atoms with Gasteiger partial charge in [0.1, 0.15) is 0 Å². The van der Waals surface area contributed by atoms with Crippen LogP contribution in [0.1, 0.15) is 41.3 Å². The summed E-state index contributed by atoms with van der Waals surface area (Å²) in [5, 5.41) is 5.55. The molecular weight excluding hydrogens is 368 g/mol. The van der Waals surface area contributed by atoms with Crippen molar-refractivity contribution in [2.24, 2.45) is 0 Å². The lowest BCUT2D eigenvalue weighted by atomic mass is 9.88. The zero-order chi connectivity index (χ0) is 20.9. The number of nitrogens with zero attached hydrogens (tertiary/aromatic N) is 2. The van der Waals surface area contributed by atoms with Crippen molar-refractivity contribution < 1.29 is 14.4 Å². The first-order chi connectivity index (χ1) is 13.8. The number of nitrogens with one attached hydrogen (secondary N) is 2. The quantitative estimate of drug-likeness (QED) is 0.840. The summed E-state index contributed by atoms with van der Waals surface area (Å²) >= 11 is 0. The van der Waals surface area contributed by atoms with Crippen LogP contribution in [0.4, 0.5) is 11.4 Å². The van der Waals surface area contributed by atoms with Crippen LogP contribution in [0.2, 0.25) is 0 Å². The fraction of sp³-hybridized carbons (Fsp3) is 0.318. The molecule has 0 bridgehead atoms. The van der Waals surface area contributed by atoms with E-state index in [0.29, 0.717) is 22.5 Å². The van der Waals surface area contributed by atoms with Crippen molar-refractivity contribution in [3.8, 4) is 0 Å². The average Bonchev–Trinajstić information content (AvgIpc) is 3.01. The van der Waals surface area contributed by atoms with E-state index < -0.39 is 5.66 Å². The molecule has 2 aromatic carbocycles. The molecule has 7 heteroatoms. The predicted octanol–water partition coefficient (Wildman–Crippen LogP) is 2.25. The smallest absolute Gasteiger partial charge is 0.276 e. The van der Waals surface area contributed by atoms with E-state index in [9.17, 15) is 14.4 Å². The molecule has 0 aromatic heterocycles. The molecule has 3 amide bonds. The highest BCUT2D eigenvalue weighted by Gasteiger charge is 2.59. The van der Waals surface area contributed by atoms with Gasteiger partial charge in [0.05, 0.1) is 17.8 Å². The van der Waals surface area contributed by atoms with Crippen LogP contribution in [0.15, 0.2) is 42.5 Å². The molecule has 1 spiro atoms. The van der Waals surface area contributed by atoms with Gasteiger partial charge >= 0.3 is 0 Å². The lowest BCUT2D eigenvalue weighted by molar-refractivity contribution is -0.126. The van der Waals surface area contributed by atoms with E-state index >= 15 is 0 Å². The molecular formula is C22H24N4O3. The minimum atomic E-state index is -1.43. The topological polar surface area (TPSA) is 81.8 Å². The van der Waals surface area contributed by atoms with Gasteiger partial charge in [0.25, 0.3) is 11.8 Å². The number of rotatable bonds is 3. The first-order valence-electron chi connectivity index (χ1n) is 9.63. The lowest BCUT2D eigenvalue weighted by Crippen LogP contribution is -2.66. The number of hydrogen-bond acceptors (Lipinski definition) is 4. The third-order valence-electron chi connectivity index (χ3n) is 5.84. The van der Waals surface area contributed by atoms with E-state index in [-0.39, 0.29) is 30.2 Å². The fourth-order valence-corrected chi connectivity index (χ4v) is 4.25. The monoisotopic (exact) mass is 392 g/mol. The Morgan fingerprint density at radius 2 is 1.90 bits per heavy atom.